The second-order valence-corrected chi connectivity index (χ2v) is 2.90. The highest BCUT2D eigenvalue weighted by atomic mass is 16.2. The van der Waals surface area contributed by atoms with Gasteiger partial charge in [-0.1, -0.05) is 0 Å². The second-order valence-electron chi connectivity index (χ2n) is 2.90. The van der Waals surface area contributed by atoms with Gasteiger partial charge in [-0.05, 0) is 19.1 Å². The summed E-state index contributed by atoms with van der Waals surface area (Å²) in [6, 6.07) is 3.35. The van der Waals surface area contributed by atoms with Gasteiger partial charge in [-0.3, -0.25) is 10.6 Å². The van der Waals surface area contributed by atoms with Gasteiger partial charge in [0.05, 0.1) is 11.9 Å². The normalized spacial score (nSPS) is 9.64. The molecule has 14 heavy (non-hydrogen) atoms. The van der Waals surface area contributed by atoms with Gasteiger partial charge in [0, 0.05) is 13.6 Å². The van der Waals surface area contributed by atoms with E-state index in [2.05, 4.69) is 10.4 Å². The fraction of sp³-hybridized carbons (Fsp3) is 0.333. The van der Waals surface area contributed by atoms with Crippen molar-refractivity contribution in [1.82, 2.24) is 9.88 Å². The van der Waals surface area contributed by atoms with Gasteiger partial charge in [-0.25, -0.2) is 4.98 Å². The quantitative estimate of drug-likeness (QED) is 0.541. The third-order valence-corrected chi connectivity index (χ3v) is 1.97. The number of anilines is 1. The standard InChI is InChI=1S/C9H14N4O/c1-3-13(2)9(14)8-5-4-7(12-10)6-11-8/h4-6,12H,3,10H2,1-2H3. The number of nitrogens with two attached hydrogens (primary N) is 1. The molecule has 5 heteroatoms. The smallest absolute Gasteiger partial charge is 0.272 e. The number of hydrogen-bond acceptors (Lipinski definition) is 4. The van der Waals surface area contributed by atoms with Crippen LogP contribution in [0.2, 0.25) is 0 Å². The molecule has 3 N–H and O–H groups in total. The average Bonchev–Trinajstić information content (AvgIpc) is 2.27. The maximum Gasteiger partial charge on any atom is 0.272 e. The SMILES string of the molecule is CCN(C)C(=O)c1ccc(NN)cn1. The summed E-state index contributed by atoms with van der Waals surface area (Å²) in [5.74, 6) is 5.09. The van der Waals surface area contributed by atoms with Gasteiger partial charge in [0.15, 0.2) is 0 Å². The Kier molecular flexibility index (Phi) is 3.41. The van der Waals surface area contributed by atoms with E-state index in [1.165, 1.54) is 6.20 Å². The Morgan fingerprint density at radius 3 is 2.79 bits per heavy atom. The third-order valence-electron chi connectivity index (χ3n) is 1.97. The van der Waals surface area contributed by atoms with Crippen molar-refractivity contribution in [2.75, 3.05) is 19.0 Å². The first-order chi connectivity index (χ1) is 6.69. The molecule has 0 aromatic carbocycles. The lowest BCUT2D eigenvalue weighted by molar-refractivity contribution is 0.0797. The van der Waals surface area contributed by atoms with Gasteiger partial charge in [0.1, 0.15) is 5.69 Å². The zero-order chi connectivity index (χ0) is 10.6. The molecule has 0 saturated carbocycles. The fourth-order valence-electron chi connectivity index (χ4n) is 0.945. The molecule has 0 radical (unpaired) electrons. The summed E-state index contributed by atoms with van der Waals surface area (Å²) in [6.07, 6.45) is 1.52. The van der Waals surface area contributed by atoms with Crippen LogP contribution in [-0.4, -0.2) is 29.4 Å². The predicted octanol–water partition coefficient (Wildman–Crippen LogP) is 0.459. The first-order valence-electron chi connectivity index (χ1n) is 4.37. The summed E-state index contributed by atoms with van der Waals surface area (Å²) >= 11 is 0. The fourth-order valence-corrected chi connectivity index (χ4v) is 0.945. The number of nitrogens with one attached hydrogen (secondary N) is 1. The Bertz CT molecular complexity index is 309. The number of aromatic nitrogens is 1. The number of hydrazine groups is 1. The Morgan fingerprint density at radius 2 is 2.36 bits per heavy atom. The molecule has 0 spiro atoms. The molecule has 1 heterocycles. The molecule has 1 rings (SSSR count). The summed E-state index contributed by atoms with van der Waals surface area (Å²) in [5, 5.41) is 0. The molecule has 1 amide bonds. The Labute approximate surface area is 82.9 Å². The Balaban J connectivity index is 2.81. The van der Waals surface area contributed by atoms with Crippen molar-refractivity contribution in [2.45, 2.75) is 6.92 Å². The van der Waals surface area contributed by atoms with Crippen LogP contribution in [-0.2, 0) is 0 Å². The molecule has 76 valence electrons. The lowest BCUT2D eigenvalue weighted by atomic mass is 10.3. The Hall–Kier alpha value is -1.62. The first-order valence-corrected chi connectivity index (χ1v) is 4.37. The van der Waals surface area contributed by atoms with E-state index in [0.717, 1.165) is 0 Å². The molecule has 0 fully saturated rings. The van der Waals surface area contributed by atoms with Crippen LogP contribution < -0.4 is 11.3 Å². The van der Waals surface area contributed by atoms with Crippen molar-refractivity contribution >= 4 is 11.6 Å². The highest BCUT2D eigenvalue weighted by molar-refractivity contribution is 5.92. The van der Waals surface area contributed by atoms with Crippen LogP contribution in [0.1, 0.15) is 17.4 Å². The number of hydrogen-bond donors (Lipinski definition) is 2. The van der Waals surface area contributed by atoms with Crippen LogP contribution in [0.25, 0.3) is 0 Å². The largest absolute Gasteiger partial charge is 0.341 e. The highest BCUT2D eigenvalue weighted by Crippen LogP contribution is 2.05. The molecule has 1 aromatic heterocycles. The van der Waals surface area contributed by atoms with Gasteiger partial charge >= 0.3 is 0 Å². The van der Waals surface area contributed by atoms with Crippen molar-refractivity contribution in [3.8, 4) is 0 Å². The molecular weight excluding hydrogens is 180 g/mol. The van der Waals surface area contributed by atoms with Crippen molar-refractivity contribution in [3.63, 3.8) is 0 Å². The highest BCUT2D eigenvalue weighted by Gasteiger charge is 2.10. The van der Waals surface area contributed by atoms with Crippen LogP contribution in [0.15, 0.2) is 18.3 Å². The average molecular weight is 194 g/mol. The van der Waals surface area contributed by atoms with E-state index >= 15 is 0 Å². The van der Waals surface area contributed by atoms with Gasteiger partial charge in [-0.2, -0.15) is 0 Å². The third kappa shape index (κ3) is 2.20. The van der Waals surface area contributed by atoms with E-state index in [-0.39, 0.29) is 5.91 Å². The number of amides is 1. The zero-order valence-electron chi connectivity index (χ0n) is 8.32. The van der Waals surface area contributed by atoms with E-state index in [4.69, 9.17) is 5.84 Å². The lowest BCUT2D eigenvalue weighted by Crippen LogP contribution is -2.27. The topological polar surface area (TPSA) is 71.2 Å². The van der Waals surface area contributed by atoms with Gasteiger partial charge in [0.2, 0.25) is 0 Å². The summed E-state index contributed by atoms with van der Waals surface area (Å²) < 4.78 is 0. The summed E-state index contributed by atoms with van der Waals surface area (Å²) in [4.78, 5) is 17.2. The van der Waals surface area contributed by atoms with Gasteiger partial charge in [-0.15, -0.1) is 0 Å². The van der Waals surface area contributed by atoms with E-state index in [9.17, 15) is 4.79 Å². The molecule has 0 aliphatic heterocycles. The molecule has 0 aliphatic rings. The number of carbonyl (C=O) groups is 1. The van der Waals surface area contributed by atoms with Crippen molar-refractivity contribution < 1.29 is 4.79 Å². The maximum absolute atomic E-state index is 11.6. The first kappa shape index (κ1) is 10.5. The zero-order valence-corrected chi connectivity index (χ0v) is 8.32. The molecular formula is C9H14N4O. The predicted molar refractivity (Wildman–Crippen MR) is 54.7 cm³/mol. The number of rotatable bonds is 3. The maximum atomic E-state index is 11.6. The number of nitrogen functional groups attached to an aromatic ring is 1. The lowest BCUT2D eigenvalue weighted by Gasteiger charge is -2.13. The number of nitrogens with zero attached hydrogens (tertiary/aromatic N) is 2. The van der Waals surface area contributed by atoms with Crippen LogP contribution in [0.3, 0.4) is 0 Å². The number of carbonyl (C=O) groups excluding carboxylic acids is 1. The van der Waals surface area contributed by atoms with Crippen molar-refractivity contribution in [3.05, 3.63) is 24.0 Å². The van der Waals surface area contributed by atoms with Crippen LogP contribution in [0.5, 0.6) is 0 Å². The molecule has 5 nitrogen and oxygen atoms in total. The van der Waals surface area contributed by atoms with Crippen molar-refractivity contribution in [1.29, 1.82) is 0 Å². The van der Waals surface area contributed by atoms with E-state index < -0.39 is 0 Å². The Morgan fingerprint density at radius 1 is 1.64 bits per heavy atom. The second kappa shape index (κ2) is 4.57. The van der Waals surface area contributed by atoms with E-state index in [1.807, 2.05) is 6.92 Å². The van der Waals surface area contributed by atoms with E-state index in [1.54, 1.807) is 24.1 Å². The molecule has 0 saturated heterocycles. The van der Waals surface area contributed by atoms with Gasteiger partial charge < -0.3 is 10.3 Å². The van der Waals surface area contributed by atoms with Crippen molar-refractivity contribution in [2.24, 2.45) is 5.84 Å². The minimum atomic E-state index is -0.0870. The van der Waals surface area contributed by atoms with Crippen LogP contribution in [0.4, 0.5) is 5.69 Å². The molecule has 0 unspecified atom stereocenters. The molecule has 1 aromatic rings. The summed E-state index contributed by atoms with van der Waals surface area (Å²) in [5.41, 5.74) is 3.55. The molecule has 0 bridgehead atoms. The minimum Gasteiger partial charge on any atom is -0.341 e. The summed E-state index contributed by atoms with van der Waals surface area (Å²) in [6.45, 7) is 2.57. The number of pyridine rings is 1. The summed E-state index contributed by atoms with van der Waals surface area (Å²) in [7, 11) is 1.74. The van der Waals surface area contributed by atoms with Crippen LogP contribution in [0, 0.1) is 0 Å². The monoisotopic (exact) mass is 194 g/mol. The van der Waals surface area contributed by atoms with E-state index in [0.29, 0.717) is 17.9 Å². The van der Waals surface area contributed by atoms with Gasteiger partial charge in [0.25, 0.3) is 5.91 Å². The molecule has 0 aliphatic carbocycles. The minimum absolute atomic E-state index is 0.0870. The molecule has 0 atom stereocenters. The van der Waals surface area contributed by atoms with Crippen LogP contribution >= 0.6 is 0 Å².